The van der Waals surface area contributed by atoms with Gasteiger partial charge >= 0.3 is 17.9 Å². The van der Waals surface area contributed by atoms with Crippen LogP contribution in [-0.2, 0) is 28.6 Å². The maximum Gasteiger partial charge on any atom is 0.306 e. The first-order valence-electron chi connectivity index (χ1n) is 27.9. The average Bonchev–Trinajstić information content (AvgIpc) is 3.31. The first kappa shape index (κ1) is 62.8. The van der Waals surface area contributed by atoms with Crippen molar-refractivity contribution in [3.8, 4) is 0 Å². The molecule has 0 aromatic carbocycles. The predicted octanol–water partition coefficient (Wildman–Crippen LogP) is 18.6. The van der Waals surface area contributed by atoms with Crippen LogP contribution in [0.15, 0.2) is 72.9 Å². The average molecular weight is 921 g/mol. The maximum absolute atomic E-state index is 12.8. The summed E-state index contributed by atoms with van der Waals surface area (Å²) >= 11 is 0. The monoisotopic (exact) mass is 921 g/mol. The van der Waals surface area contributed by atoms with Gasteiger partial charge in [0.1, 0.15) is 13.2 Å². The summed E-state index contributed by atoms with van der Waals surface area (Å²) in [5.74, 6) is -0.921. The van der Waals surface area contributed by atoms with Gasteiger partial charge in [-0.25, -0.2) is 0 Å². The van der Waals surface area contributed by atoms with Crippen molar-refractivity contribution in [1.29, 1.82) is 0 Å². The number of esters is 3. The minimum atomic E-state index is -0.790. The van der Waals surface area contributed by atoms with Gasteiger partial charge < -0.3 is 14.2 Å². The zero-order chi connectivity index (χ0) is 47.9. The molecule has 0 N–H and O–H groups in total. The molecule has 0 saturated carbocycles. The zero-order valence-electron chi connectivity index (χ0n) is 43.4. The van der Waals surface area contributed by atoms with E-state index in [2.05, 4.69) is 93.7 Å². The Balaban J connectivity index is 4.43. The highest BCUT2D eigenvalue weighted by molar-refractivity contribution is 5.71. The number of hydrogen-bond donors (Lipinski definition) is 0. The Kier molecular flexibility index (Phi) is 51.9. The van der Waals surface area contributed by atoms with Crippen molar-refractivity contribution >= 4 is 17.9 Å². The van der Waals surface area contributed by atoms with Gasteiger partial charge in [-0.1, -0.05) is 235 Å². The molecular formula is C60H104O6. The lowest BCUT2D eigenvalue weighted by Gasteiger charge is -2.18. The van der Waals surface area contributed by atoms with Gasteiger partial charge in [0, 0.05) is 19.3 Å². The molecule has 66 heavy (non-hydrogen) atoms. The summed E-state index contributed by atoms with van der Waals surface area (Å²) in [6.07, 6.45) is 68.8. The fraction of sp³-hybridized carbons (Fsp3) is 0.750. The topological polar surface area (TPSA) is 78.9 Å². The molecule has 0 amide bonds. The third kappa shape index (κ3) is 51.8. The van der Waals surface area contributed by atoms with Gasteiger partial charge in [-0.2, -0.15) is 0 Å². The molecule has 6 heteroatoms. The molecule has 0 spiro atoms. The molecule has 0 heterocycles. The summed E-state index contributed by atoms with van der Waals surface area (Å²) in [6, 6.07) is 0. The van der Waals surface area contributed by atoms with E-state index in [1.165, 1.54) is 128 Å². The van der Waals surface area contributed by atoms with E-state index in [-0.39, 0.29) is 31.1 Å². The highest BCUT2D eigenvalue weighted by Crippen LogP contribution is 2.15. The molecule has 6 nitrogen and oxygen atoms in total. The normalized spacial score (nSPS) is 12.6. The summed E-state index contributed by atoms with van der Waals surface area (Å²) in [7, 11) is 0. The van der Waals surface area contributed by atoms with Crippen LogP contribution in [0.2, 0.25) is 0 Å². The quantitative estimate of drug-likeness (QED) is 0.0262. The van der Waals surface area contributed by atoms with Crippen LogP contribution in [0.25, 0.3) is 0 Å². The van der Waals surface area contributed by atoms with E-state index in [4.69, 9.17) is 14.2 Å². The number of carbonyl (C=O) groups excluding carboxylic acids is 3. The molecule has 1 unspecified atom stereocenters. The Morgan fingerprint density at radius 2 is 0.591 bits per heavy atom. The largest absolute Gasteiger partial charge is 0.462 e. The number of allylic oxidation sites excluding steroid dienone is 12. The van der Waals surface area contributed by atoms with E-state index < -0.39 is 6.10 Å². The van der Waals surface area contributed by atoms with E-state index >= 15 is 0 Å². The van der Waals surface area contributed by atoms with Crippen LogP contribution in [0.3, 0.4) is 0 Å². The molecule has 380 valence electrons. The minimum Gasteiger partial charge on any atom is -0.462 e. The van der Waals surface area contributed by atoms with Crippen LogP contribution >= 0.6 is 0 Å². The molecule has 0 bridgehead atoms. The third-order valence-electron chi connectivity index (χ3n) is 11.9. The number of ether oxygens (including phenoxy) is 3. The van der Waals surface area contributed by atoms with E-state index in [0.29, 0.717) is 19.3 Å². The standard InChI is InChI=1S/C60H104O6/c1-4-7-10-13-16-19-22-25-28-29-30-31-33-35-38-41-44-47-50-53-59(62)65-56-57(55-64-58(61)52-49-46-43-40-37-34-27-24-21-18-15-12-9-6-3)66-60(63)54-51-48-45-42-39-36-32-26-23-20-17-14-11-8-5-2/h7,10,16,19,24-25,27-28,30-31,35,38,57H,4-6,8-9,11-15,17-18,20-23,26,29,32-34,36-37,39-56H2,1-3H3/b10-7-,19-16-,27-24-,28-25-,31-30-,38-35-. The van der Waals surface area contributed by atoms with E-state index in [9.17, 15) is 14.4 Å². The number of hydrogen-bond acceptors (Lipinski definition) is 6. The summed E-state index contributed by atoms with van der Waals surface area (Å²) in [6.45, 7) is 6.50. The van der Waals surface area contributed by atoms with Gasteiger partial charge in [-0.3, -0.25) is 14.4 Å². The van der Waals surface area contributed by atoms with Crippen LogP contribution in [0, 0.1) is 0 Å². The predicted molar refractivity (Wildman–Crippen MR) is 284 cm³/mol. The van der Waals surface area contributed by atoms with Crippen molar-refractivity contribution in [2.24, 2.45) is 0 Å². The van der Waals surface area contributed by atoms with Gasteiger partial charge in [0.05, 0.1) is 0 Å². The second kappa shape index (κ2) is 54.5. The molecule has 0 aliphatic rings. The van der Waals surface area contributed by atoms with Crippen LogP contribution in [-0.4, -0.2) is 37.2 Å². The SMILES string of the molecule is CC/C=C\C/C=C\C/C=C\C/C=C\C/C=C\CCCCCC(=O)OCC(COC(=O)CCCCCCC/C=C\CCCCCCC)OC(=O)CCCCCCCCCCCCCCCCC. The molecule has 0 aromatic rings. The number of carbonyl (C=O) groups is 3. The summed E-state index contributed by atoms with van der Waals surface area (Å²) in [5.41, 5.74) is 0. The van der Waals surface area contributed by atoms with Gasteiger partial charge in [-0.05, 0) is 89.9 Å². The molecule has 1 atom stereocenters. The Morgan fingerprint density at radius 1 is 0.318 bits per heavy atom. The van der Waals surface area contributed by atoms with Crippen molar-refractivity contribution in [2.75, 3.05) is 13.2 Å². The molecule has 0 rings (SSSR count). The van der Waals surface area contributed by atoms with E-state index in [1.54, 1.807) is 0 Å². The number of unbranched alkanes of at least 4 members (excludes halogenated alkanes) is 27. The minimum absolute atomic E-state index is 0.0884. The van der Waals surface area contributed by atoms with Crippen LogP contribution in [0.4, 0.5) is 0 Å². The van der Waals surface area contributed by atoms with Crippen molar-refractivity contribution < 1.29 is 28.6 Å². The second-order valence-corrected chi connectivity index (χ2v) is 18.5. The maximum atomic E-state index is 12.8. The molecule has 0 radical (unpaired) electrons. The zero-order valence-corrected chi connectivity index (χ0v) is 43.4. The summed E-state index contributed by atoms with van der Waals surface area (Å²) < 4.78 is 16.8. The van der Waals surface area contributed by atoms with Crippen molar-refractivity contribution in [1.82, 2.24) is 0 Å². The van der Waals surface area contributed by atoms with Gasteiger partial charge in [0.2, 0.25) is 0 Å². The molecular weight excluding hydrogens is 817 g/mol. The number of rotatable bonds is 50. The third-order valence-corrected chi connectivity index (χ3v) is 11.9. The molecule has 0 aliphatic heterocycles. The van der Waals surface area contributed by atoms with Crippen molar-refractivity contribution in [2.45, 2.75) is 277 Å². The Morgan fingerprint density at radius 3 is 0.955 bits per heavy atom. The lowest BCUT2D eigenvalue weighted by atomic mass is 10.0. The Hall–Kier alpha value is -3.15. The van der Waals surface area contributed by atoms with E-state index in [0.717, 1.165) is 103 Å². The summed E-state index contributed by atoms with van der Waals surface area (Å²) in [4.78, 5) is 38.1. The van der Waals surface area contributed by atoms with Crippen LogP contribution in [0.1, 0.15) is 271 Å². The van der Waals surface area contributed by atoms with Gasteiger partial charge in [0.25, 0.3) is 0 Å². The second-order valence-electron chi connectivity index (χ2n) is 18.5. The fourth-order valence-corrected chi connectivity index (χ4v) is 7.76. The van der Waals surface area contributed by atoms with Gasteiger partial charge in [0.15, 0.2) is 6.10 Å². The highest BCUT2D eigenvalue weighted by atomic mass is 16.6. The first-order valence-corrected chi connectivity index (χ1v) is 27.9. The summed E-state index contributed by atoms with van der Waals surface area (Å²) in [5, 5.41) is 0. The van der Waals surface area contributed by atoms with Crippen LogP contribution in [0.5, 0.6) is 0 Å². The lowest BCUT2D eigenvalue weighted by molar-refractivity contribution is -0.167. The fourth-order valence-electron chi connectivity index (χ4n) is 7.76. The molecule has 0 fully saturated rings. The Bertz CT molecular complexity index is 1240. The van der Waals surface area contributed by atoms with Crippen LogP contribution < -0.4 is 0 Å². The smallest absolute Gasteiger partial charge is 0.306 e. The van der Waals surface area contributed by atoms with Gasteiger partial charge in [-0.15, -0.1) is 0 Å². The highest BCUT2D eigenvalue weighted by Gasteiger charge is 2.19. The van der Waals surface area contributed by atoms with Crippen molar-refractivity contribution in [3.63, 3.8) is 0 Å². The van der Waals surface area contributed by atoms with E-state index in [1.807, 2.05) is 0 Å². The molecule has 0 aliphatic carbocycles. The molecule has 0 aromatic heterocycles. The lowest BCUT2D eigenvalue weighted by Crippen LogP contribution is -2.30. The Labute approximate surface area is 408 Å². The molecule has 0 saturated heterocycles. The first-order chi connectivity index (χ1) is 32.5. The van der Waals surface area contributed by atoms with Crippen molar-refractivity contribution in [3.05, 3.63) is 72.9 Å².